The van der Waals surface area contributed by atoms with Crippen molar-refractivity contribution in [2.45, 2.75) is 121 Å². The summed E-state index contributed by atoms with van der Waals surface area (Å²) in [7, 11) is 1.48. The van der Waals surface area contributed by atoms with Crippen molar-refractivity contribution in [3.8, 4) is 0 Å². The molecular weight excluding hydrogens is 504 g/mol. The van der Waals surface area contributed by atoms with Crippen molar-refractivity contribution >= 4 is 5.97 Å². The molecule has 6 aliphatic rings. The zero-order chi connectivity index (χ0) is 27.9. The van der Waals surface area contributed by atoms with E-state index in [2.05, 4.69) is 13.8 Å². The van der Waals surface area contributed by atoms with Gasteiger partial charge in [-0.1, -0.05) is 13.8 Å². The van der Waals surface area contributed by atoms with Gasteiger partial charge in [0, 0.05) is 30.9 Å². The summed E-state index contributed by atoms with van der Waals surface area (Å²) >= 11 is 0. The lowest BCUT2D eigenvalue weighted by atomic mass is 9.43. The van der Waals surface area contributed by atoms with Gasteiger partial charge in [0.15, 0.2) is 6.29 Å². The number of ether oxygens (including phenoxy) is 4. The summed E-state index contributed by atoms with van der Waals surface area (Å²) in [6, 6.07) is 0. The van der Waals surface area contributed by atoms with Gasteiger partial charge < -0.3 is 39.4 Å². The summed E-state index contributed by atoms with van der Waals surface area (Å²) in [5.74, 6) is 0.260. The van der Waals surface area contributed by atoms with Crippen LogP contribution in [0.4, 0.5) is 0 Å². The van der Waals surface area contributed by atoms with E-state index in [9.17, 15) is 25.2 Å². The van der Waals surface area contributed by atoms with Crippen molar-refractivity contribution in [1.82, 2.24) is 0 Å². The number of aliphatic hydroxyl groups excluding tert-OH is 3. The lowest BCUT2D eigenvalue weighted by molar-refractivity contribution is -0.313. The third kappa shape index (κ3) is 4.09. The minimum atomic E-state index is -1.06. The SMILES string of the molecule is CO[C@H]1[C@@H](O)[C@@H](C)O[C@@H](O[C@@H]2CC[C@@]3(C)[C@H](CC[C@@H]4[C@H]3CC[C@@]3(C)[C@H](C5=CC(=O)OC5)[C@@H](O)C[C@@]43O)C2)[C@@H]1O. The first-order valence-corrected chi connectivity index (χ1v) is 14.9. The molecule has 4 N–H and O–H groups in total. The molecule has 0 aromatic carbocycles. The second-order valence-electron chi connectivity index (χ2n) is 13.9. The first kappa shape index (κ1) is 28.1. The van der Waals surface area contributed by atoms with Crippen LogP contribution in [0.3, 0.4) is 0 Å². The Morgan fingerprint density at radius 2 is 1.79 bits per heavy atom. The van der Waals surface area contributed by atoms with Gasteiger partial charge in [0.25, 0.3) is 0 Å². The lowest BCUT2D eigenvalue weighted by Crippen LogP contribution is -2.62. The van der Waals surface area contributed by atoms with Crippen LogP contribution in [0.5, 0.6) is 0 Å². The molecule has 5 fully saturated rings. The molecule has 1 saturated heterocycles. The number of rotatable bonds is 4. The average molecular weight is 551 g/mol. The number of carbonyl (C=O) groups is 1. The summed E-state index contributed by atoms with van der Waals surface area (Å²) in [4.78, 5) is 11.8. The molecule has 0 aromatic heterocycles. The Kier molecular flexibility index (Phi) is 7.02. The van der Waals surface area contributed by atoms with E-state index in [1.54, 1.807) is 6.92 Å². The molecule has 2 heterocycles. The largest absolute Gasteiger partial charge is 0.458 e. The molecule has 0 radical (unpaired) electrons. The van der Waals surface area contributed by atoms with Gasteiger partial charge in [0.1, 0.15) is 24.9 Å². The second-order valence-corrected chi connectivity index (χ2v) is 13.9. The normalized spacial score (nSPS) is 55.3. The van der Waals surface area contributed by atoms with Crippen molar-refractivity contribution < 1.29 is 44.2 Å². The average Bonchev–Trinajstić information content (AvgIpc) is 3.39. The number of cyclic esters (lactones) is 1. The molecule has 9 heteroatoms. The third-order valence-electron chi connectivity index (χ3n) is 12.3. The van der Waals surface area contributed by atoms with Gasteiger partial charge >= 0.3 is 5.97 Å². The molecule has 220 valence electrons. The van der Waals surface area contributed by atoms with Gasteiger partial charge in [-0.2, -0.15) is 0 Å². The first-order chi connectivity index (χ1) is 18.4. The highest BCUT2D eigenvalue weighted by Gasteiger charge is 2.70. The van der Waals surface area contributed by atoms with E-state index in [4.69, 9.17) is 18.9 Å². The van der Waals surface area contributed by atoms with Crippen molar-refractivity contribution in [1.29, 1.82) is 0 Å². The zero-order valence-electron chi connectivity index (χ0n) is 23.6. The predicted molar refractivity (Wildman–Crippen MR) is 139 cm³/mol. The molecule has 4 saturated carbocycles. The van der Waals surface area contributed by atoms with Crippen molar-refractivity contribution in [2.24, 2.45) is 34.5 Å². The Labute approximate surface area is 230 Å². The maximum absolute atomic E-state index is 12.4. The Morgan fingerprint density at radius 1 is 1.03 bits per heavy atom. The maximum Gasteiger partial charge on any atom is 0.331 e. The molecule has 0 unspecified atom stereocenters. The molecule has 0 bridgehead atoms. The Morgan fingerprint density at radius 3 is 2.49 bits per heavy atom. The molecule has 6 rings (SSSR count). The van der Waals surface area contributed by atoms with Gasteiger partial charge in [-0.05, 0) is 80.6 Å². The number of hydrogen-bond acceptors (Lipinski definition) is 9. The fourth-order valence-corrected chi connectivity index (χ4v) is 10.2. The molecule has 0 spiro atoms. The highest BCUT2D eigenvalue weighted by molar-refractivity contribution is 5.85. The maximum atomic E-state index is 12.4. The summed E-state index contributed by atoms with van der Waals surface area (Å²) < 4.78 is 22.7. The van der Waals surface area contributed by atoms with Crippen LogP contribution in [-0.2, 0) is 23.7 Å². The fraction of sp³-hybridized carbons (Fsp3) is 0.900. The van der Waals surface area contributed by atoms with Gasteiger partial charge in [-0.15, -0.1) is 0 Å². The van der Waals surface area contributed by atoms with Crippen LogP contribution < -0.4 is 0 Å². The highest BCUT2D eigenvalue weighted by Crippen LogP contribution is 2.70. The Balaban J connectivity index is 1.17. The smallest absolute Gasteiger partial charge is 0.331 e. The zero-order valence-corrected chi connectivity index (χ0v) is 23.6. The first-order valence-electron chi connectivity index (χ1n) is 14.9. The second kappa shape index (κ2) is 9.75. The molecule has 39 heavy (non-hydrogen) atoms. The van der Waals surface area contributed by atoms with Crippen molar-refractivity contribution in [3.05, 3.63) is 11.6 Å². The van der Waals surface area contributed by atoms with E-state index in [1.165, 1.54) is 13.2 Å². The van der Waals surface area contributed by atoms with Crippen LogP contribution in [0.15, 0.2) is 11.6 Å². The van der Waals surface area contributed by atoms with Gasteiger partial charge in [-0.25, -0.2) is 4.79 Å². The number of esters is 1. The summed E-state index contributed by atoms with van der Waals surface area (Å²) in [6.07, 6.45) is 3.40. The van der Waals surface area contributed by atoms with Gasteiger partial charge in [0.05, 0.1) is 23.9 Å². The number of fused-ring (bicyclic) bond motifs is 5. The van der Waals surface area contributed by atoms with Crippen LogP contribution in [0.1, 0.15) is 72.1 Å². The third-order valence-corrected chi connectivity index (χ3v) is 12.3. The van der Waals surface area contributed by atoms with Gasteiger partial charge in [0.2, 0.25) is 0 Å². The number of methoxy groups -OCH3 is 1. The quantitative estimate of drug-likeness (QED) is 0.307. The monoisotopic (exact) mass is 550 g/mol. The molecule has 2 aliphatic heterocycles. The minimum absolute atomic E-state index is 0.0547. The Bertz CT molecular complexity index is 1000. The molecular formula is C30H46O9. The standard InChI is InChI=1S/C30H46O9/c1-15-24(33)26(36-4)25(34)27(38-15)39-18-7-9-28(2)17(12-18)5-6-20-19(28)8-10-29(3)23(16-11-22(32)37-14-16)21(31)13-30(20,29)35/h11,15,17-21,23-27,31,33-35H,5-10,12-14H2,1-4H3/t15-,17-,18-,19-,20-,21+,23-,24+,25-,26+,27+,28+,29+,30-/m1/s1. The topological polar surface area (TPSA) is 135 Å². The van der Waals surface area contributed by atoms with E-state index in [0.29, 0.717) is 18.3 Å². The van der Waals surface area contributed by atoms with Crippen LogP contribution in [0.25, 0.3) is 0 Å². The molecule has 14 atom stereocenters. The number of carbonyl (C=O) groups excluding carboxylic acids is 1. The van der Waals surface area contributed by atoms with Crippen LogP contribution in [-0.4, -0.2) is 88.6 Å². The van der Waals surface area contributed by atoms with Crippen LogP contribution in [0, 0.1) is 34.5 Å². The van der Waals surface area contributed by atoms with E-state index < -0.39 is 47.8 Å². The number of aliphatic hydroxyl groups is 4. The molecule has 4 aliphatic carbocycles. The molecule has 9 nitrogen and oxygen atoms in total. The van der Waals surface area contributed by atoms with Crippen LogP contribution >= 0.6 is 0 Å². The lowest BCUT2D eigenvalue weighted by Gasteiger charge is -2.63. The fourth-order valence-electron chi connectivity index (χ4n) is 10.2. The highest BCUT2D eigenvalue weighted by atomic mass is 16.7. The molecule has 0 aromatic rings. The number of hydrogen-bond donors (Lipinski definition) is 4. The summed E-state index contributed by atoms with van der Waals surface area (Å²) in [6.45, 7) is 6.48. The van der Waals surface area contributed by atoms with Crippen LogP contribution in [0.2, 0.25) is 0 Å². The Hall–Kier alpha value is -1.07. The molecule has 0 amide bonds. The minimum Gasteiger partial charge on any atom is -0.458 e. The van der Waals surface area contributed by atoms with E-state index in [-0.39, 0.29) is 35.9 Å². The van der Waals surface area contributed by atoms with Crippen molar-refractivity contribution in [3.63, 3.8) is 0 Å². The van der Waals surface area contributed by atoms with E-state index in [1.807, 2.05) is 0 Å². The summed E-state index contributed by atoms with van der Waals surface area (Å²) in [5.41, 5.74) is -0.601. The van der Waals surface area contributed by atoms with Crippen molar-refractivity contribution in [2.75, 3.05) is 13.7 Å². The summed E-state index contributed by atoms with van der Waals surface area (Å²) in [5, 5.41) is 44.7. The van der Waals surface area contributed by atoms with Gasteiger partial charge in [-0.3, -0.25) is 0 Å². The predicted octanol–water partition coefficient (Wildman–Crippen LogP) is 2.08. The van der Waals surface area contributed by atoms with E-state index >= 15 is 0 Å². The van der Waals surface area contributed by atoms with E-state index in [0.717, 1.165) is 50.5 Å².